The molecule has 4 heteroatoms. The Morgan fingerprint density at radius 1 is 1.53 bits per heavy atom. The molecule has 1 rings (SSSR count). The first-order valence-corrected chi connectivity index (χ1v) is 7.60. The van der Waals surface area contributed by atoms with Gasteiger partial charge in [0.15, 0.2) is 0 Å². The fourth-order valence-electron chi connectivity index (χ4n) is 1.91. The maximum absolute atomic E-state index is 6.13. The Morgan fingerprint density at radius 2 is 2.21 bits per heavy atom. The molecular formula is C15H23N3S. The monoisotopic (exact) mass is 277 g/mol. The smallest absolute Gasteiger partial charge is 0.0960 e. The van der Waals surface area contributed by atoms with Gasteiger partial charge in [0.05, 0.1) is 17.1 Å². The van der Waals surface area contributed by atoms with Gasteiger partial charge in [0.25, 0.3) is 0 Å². The summed E-state index contributed by atoms with van der Waals surface area (Å²) in [6.07, 6.45) is 6.50. The Labute approximate surface area is 120 Å². The second-order valence-electron chi connectivity index (χ2n) is 4.44. The van der Waals surface area contributed by atoms with Crippen LogP contribution in [0.3, 0.4) is 0 Å². The summed E-state index contributed by atoms with van der Waals surface area (Å²) >= 11 is 1.62. The van der Waals surface area contributed by atoms with Crippen molar-refractivity contribution in [2.45, 2.75) is 26.2 Å². The molecule has 0 radical (unpaired) electrons. The Balaban J connectivity index is 3.49. The van der Waals surface area contributed by atoms with E-state index < -0.39 is 0 Å². The third kappa shape index (κ3) is 3.53. The van der Waals surface area contributed by atoms with Crippen molar-refractivity contribution in [1.82, 2.24) is 0 Å². The highest BCUT2D eigenvalue weighted by Crippen LogP contribution is 2.42. The third-order valence-corrected chi connectivity index (χ3v) is 3.99. The number of allylic oxidation sites excluding steroid dienone is 1. The van der Waals surface area contributed by atoms with Gasteiger partial charge in [-0.1, -0.05) is 44.5 Å². The van der Waals surface area contributed by atoms with Crippen LogP contribution >= 0.6 is 11.9 Å². The highest BCUT2D eigenvalue weighted by molar-refractivity contribution is 7.99. The van der Waals surface area contributed by atoms with Crippen LogP contribution in [-0.2, 0) is 0 Å². The molecule has 0 aliphatic carbocycles. The van der Waals surface area contributed by atoms with E-state index in [9.17, 15) is 0 Å². The molecule has 0 spiro atoms. The second-order valence-corrected chi connectivity index (χ2v) is 5.36. The molecule has 3 nitrogen and oxygen atoms in total. The molecule has 0 amide bonds. The summed E-state index contributed by atoms with van der Waals surface area (Å²) in [5, 5.41) is 0. The van der Waals surface area contributed by atoms with E-state index in [0.717, 1.165) is 23.5 Å². The van der Waals surface area contributed by atoms with Crippen LogP contribution in [-0.4, -0.2) is 19.5 Å². The van der Waals surface area contributed by atoms with Gasteiger partial charge in [0, 0.05) is 19.5 Å². The van der Waals surface area contributed by atoms with Crippen molar-refractivity contribution in [3.8, 4) is 0 Å². The van der Waals surface area contributed by atoms with Crippen LogP contribution in [0.2, 0.25) is 0 Å². The lowest BCUT2D eigenvalue weighted by atomic mass is 9.95. The summed E-state index contributed by atoms with van der Waals surface area (Å²) in [6.45, 7) is 8.08. The molecule has 1 aromatic carbocycles. The van der Waals surface area contributed by atoms with Crippen LogP contribution < -0.4 is 10.0 Å². The molecule has 2 N–H and O–H groups in total. The van der Waals surface area contributed by atoms with Crippen molar-refractivity contribution in [3.05, 3.63) is 30.4 Å². The molecule has 0 heterocycles. The van der Waals surface area contributed by atoms with Gasteiger partial charge in [-0.25, -0.2) is 0 Å². The first kappa shape index (κ1) is 15.6. The molecule has 0 saturated carbocycles. The molecule has 0 bridgehead atoms. The molecule has 0 aromatic heterocycles. The SMILES string of the molecule is C=C/C=N\c1c(C(C)CC)ccc(N)c1N(C)SC. The Morgan fingerprint density at radius 3 is 2.74 bits per heavy atom. The van der Waals surface area contributed by atoms with Crippen LogP contribution in [0.5, 0.6) is 0 Å². The first-order valence-electron chi connectivity index (χ1n) is 6.42. The number of nitrogen functional groups attached to an aromatic ring is 1. The van der Waals surface area contributed by atoms with E-state index in [-0.39, 0.29) is 0 Å². The van der Waals surface area contributed by atoms with Crippen molar-refractivity contribution in [1.29, 1.82) is 0 Å². The number of aliphatic imine (C=N–C) groups is 1. The summed E-state index contributed by atoms with van der Waals surface area (Å²) in [5.41, 5.74) is 10.0. The average Bonchev–Trinajstić information content (AvgIpc) is 2.43. The van der Waals surface area contributed by atoms with Gasteiger partial charge in [-0.3, -0.25) is 4.99 Å². The molecule has 104 valence electrons. The second kappa shape index (κ2) is 7.24. The Kier molecular flexibility index (Phi) is 5.96. The van der Waals surface area contributed by atoms with Crippen LogP contribution in [0.25, 0.3) is 0 Å². The Bertz CT molecular complexity index is 469. The lowest BCUT2D eigenvalue weighted by Gasteiger charge is -2.23. The number of hydrogen-bond donors (Lipinski definition) is 1. The minimum absolute atomic E-state index is 0.451. The predicted octanol–water partition coefficient (Wildman–Crippen LogP) is 4.38. The minimum atomic E-state index is 0.451. The number of nitrogens with zero attached hydrogens (tertiary/aromatic N) is 2. The van der Waals surface area contributed by atoms with Crippen LogP contribution in [0, 0.1) is 0 Å². The molecule has 19 heavy (non-hydrogen) atoms. The largest absolute Gasteiger partial charge is 0.397 e. The maximum Gasteiger partial charge on any atom is 0.0960 e. The molecular weight excluding hydrogens is 254 g/mol. The zero-order valence-corrected chi connectivity index (χ0v) is 13.0. The predicted molar refractivity (Wildman–Crippen MR) is 89.8 cm³/mol. The summed E-state index contributed by atoms with van der Waals surface area (Å²) in [7, 11) is 2.00. The topological polar surface area (TPSA) is 41.6 Å². The van der Waals surface area contributed by atoms with Gasteiger partial charge in [0.1, 0.15) is 0 Å². The highest BCUT2D eigenvalue weighted by Gasteiger charge is 2.17. The van der Waals surface area contributed by atoms with Gasteiger partial charge >= 0.3 is 0 Å². The fraction of sp³-hybridized carbons (Fsp3) is 0.400. The summed E-state index contributed by atoms with van der Waals surface area (Å²) in [4.78, 5) is 4.55. The fourth-order valence-corrected chi connectivity index (χ4v) is 2.29. The zero-order valence-electron chi connectivity index (χ0n) is 12.2. The normalized spacial score (nSPS) is 12.6. The number of rotatable bonds is 6. The van der Waals surface area contributed by atoms with E-state index in [2.05, 4.69) is 35.8 Å². The number of hydrogen-bond acceptors (Lipinski definition) is 4. The lowest BCUT2D eigenvalue weighted by molar-refractivity contribution is 0.734. The van der Waals surface area contributed by atoms with Crippen molar-refractivity contribution in [2.75, 3.05) is 23.3 Å². The molecule has 1 atom stereocenters. The van der Waals surface area contributed by atoms with Crippen LogP contribution in [0.4, 0.5) is 17.1 Å². The van der Waals surface area contributed by atoms with Crippen molar-refractivity contribution < 1.29 is 0 Å². The first-order chi connectivity index (χ1) is 9.06. The van der Waals surface area contributed by atoms with Crippen LogP contribution in [0.15, 0.2) is 29.8 Å². The molecule has 0 saturated heterocycles. The maximum atomic E-state index is 6.13. The molecule has 0 aliphatic rings. The third-order valence-electron chi connectivity index (χ3n) is 3.25. The van der Waals surface area contributed by atoms with Crippen LogP contribution in [0.1, 0.15) is 31.7 Å². The molecule has 1 aromatic rings. The van der Waals surface area contributed by atoms with E-state index in [1.807, 2.05) is 19.4 Å². The summed E-state index contributed by atoms with van der Waals surface area (Å²) in [6, 6.07) is 4.05. The highest BCUT2D eigenvalue weighted by atomic mass is 32.2. The van der Waals surface area contributed by atoms with E-state index in [1.165, 1.54) is 5.56 Å². The van der Waals surface area contributed by atoms with Gasteiger partial charge in [-0.05, 0) is 24.0 Å². The summed E-state index contributed by atoms with van der Waals surface area (Å²) < 4.78 is 2.05. The van der Waals surface area contributed by atoms with Crippen molar-refractivity contribution in [2.24, 2.45) is 4.99 Å². The Hall–Kier alpha value is -1.42. The number of anilines is 2. The van der Waals surface area contributed by atoms with E-state index >= 15 is 0 Å². The van der Waals surface area contributed by atoms with Crippen molar-refractivity contribution in [3.63, 3.8) is 0 Å². The average molecular weight is 277 g/mol. The van der Waals surface area contributed by atoms with E-state index in [0.29, 0.717) is 5.92 Å². The van der Waals surface area contributed by atoms with Gasteiger partial charge in [-0.2, -0.15) is 0 Å². The quantitative estimate of drug-likeness (QED) is 0.476. The molecule has 0 aliphatic heterocycles. The van der Waals surface area contributed by atoms with E-state index in [1.54, 1.807) is 24.2 Å². The van der Waals surface area contributed by atoms with Gasteiger partial charge in [-0.15, -0.1) is 0 Å². The summed E-state index contributed by atoms with van der Waals surface area (Å²) in [5.74, 6) is 0.451. The standard InChI is InChI=1S/C15H23N3S/c1-6-10-17-14-12(11(3)7-2)8-9-13(16)15(14)18(4)19-5/h6,8-11H,1,7,16H2,2-5H3/b17-10-. The zero-order chi connectivity index (χ0) is 14.4. The molecule has 0 fully saturated rings. The molecule has 1 unspecified atom stereocenters. The van der Waals surface area contributed by atoms with E-state index in [4.69, 9.17) is 5.73 Å². The number of benzene rings is 1. The van der Waals surface area contributed by atoms with Gasteiger partial charge in [0.2, 0.25) is 0 Å². The van der Waals surface area contributed by atoms with Gasteiger partial charge < -0.3 is 10.0 Å². The number of nitrogens with two attached hydrogens (primary N) is 1. The lowest BCUT2D eigenvalue weighted by Crippen LogP contribution is -2.10. The van der Waals surface area contributed by atoms with Crippen molar-refractivity contribution >= 4 is 35.2 Å². The minimum Gasteiger partial charge on any atom is -0.397 e.